The van der Waals surface area contributed by atoms with Crippen molar-refractivity contribution in [2.24, 2.45) is 0 Å². The van der Waals surface area contributed by atoms with Crippen molar-refractivity contribution in [3.05, 3.63) is 127 Å². The van der Waals surface area contributed by atoms with Crippen LogP contribution in [0.4, 0.5) is 0 Å². The first-order chi connectivity index (χ1) is 20.3. The van der Waals surface area contributed by atoms with Gasteiger partial charge >= 0.3 is 0 Å². The van der Waals surface area contributed by atoms with E-state index in [0.29, 0.717) is 0 Å². The Kier molecular flexibility index (Phi) is 4.79. The molecule has 0 spiro atoms. The predicted molar refractivity (Wildman–Crippen MR) is 178 cm³/mol. The van der Waals surface area contributed by atoms with Gasteiger partial charge in [-0.15, -0.1) is 11.3 Å². The Labute approximate surface area is 241 Å². The Morgan fingerprint density at radius 1 is 0.537 bits per heavy atom. The fraction of sp³-hybridized carbons (Fsp3) is 0.0526. The first kappa shape index (κ1) is 22.9. The van der Waals surface area contributed by atoms with E-state index in [0.717, 1.165) is 6.54 Å². The number of benzene rings is 6. The van der Waals surface area contributed by atoms with Gasteiger partial charge in [0.2, 0.25) is 0 Å². The van der Waals surface area contributed by atoms with E-state index in [1.165, 1.54) is 80.6 Å². The molecular weight excluding hydrogens is 516 g/mol. The van der Waals surface area contributed by atoms with Gasteiger partial charge < -0.3 is 9.13 Å². The molecule has 9 rings (SSSR count). The minimum atomic E-state index is 0.915. The van der Waals surface area contributed by atoms with E-state index < -0.39 is 0 Å². The lowest BCUT2D eigenvalue weighted by Gasteiger charge is -2.13. The van der Waals surface area contributed by atoms with Gasteiger partial charge in [-0.1, -0.05) is 97.1 Å². The molecule has 0 aliphatic heterocycles. The summed E-state index contributed by atoms with van der Waals surface area (Å²) in [5, 5.41) is 7.87. The van der Waals surface area contributed by atoms with Crippen LogP contribution in [0.3, 0.4) is 0 Å². The molecule has 0 saturated carbocycles. The Hall–Kier alpha value is -4.86. The number of fused-ring (bicyclic) bond motifs is 10. The summed E-state index contributed by atoms with van der Waals surface area (Å²) in [6, 6.07) is 46.9. The van der Waals surface area contributed by atoms with Gasteiger partial charge in [0.25, 0.3) is 0 Å². The zero-order valence-electron chi connectivity index (χ0n) is 22.6. The molecule has 3 heteroatoms. The molecule has 0 atom stereocenters. The van der Waals surface area contributed by atoms with E-state index in [1.54, 1.807) is 0 Å². The second kappa shape index (κ2) is 8.57. The largest absolute Gasteiger partial charge is 0.339 e. The average molecular weight is 543 g/mol. The van der Waals surface area contributed by atoms with Crippen LogP contribution >= 0.6 is 11.3 Å². The van der Waals surface area contributed by atoms with E-state index in [1.807, 2.05) is 11.3 Å². The molecule has 0 unspecified atom stereocenters. The number of aromatic nitrogens is 2. The summed E-state index contributed by atoms with van der Waals surface area (Å²) in [5.41, 5.74) is 8.83. The molecule has 3 heterocycles. The highest BCUT2D eigenvalue weighted by Crippen LogP contribution is 2.43. The smallest absolute Gasteiger partial charge is 0.0785 e. The Morgan fingerprint density at radius 2 is 1.20 bits per heavy atom. The van der Waals surface area contributed by atoms with Crippen LogP contribution < -0.4 is 0 Å². The predicted octanol–water partition coefficient (Wildman–Crippen LogP) is 10.9. The molecule has 0 aliphatic rings. The normalized spacial score (nSPS) is 12.1. The number of hydrogen-bond donors (Lipinski definition) is 0. The van der Waals surface area contributed by atoms with Crippen LogP contribution in [-0.4, -0.2) is 9.13 Å². The molecule has 3 aromatic heterocycles. The number of hydrogen-bond acceptors (Lipinski definition) is 1. The summed E-state index contributed by atoms with van der Waals surface area (Å²) in [7, 11) is 0. The van der Waals surface area contributed by atoms with E-state index in [-0.39, 0.29) is 0 Å². The number of nitrogens with zero attached hydrogens (tertiary/aromatic N) is 2. The van der Waals surface area contributed by atoms with E-state index >= 15 is 0 Å². The van der Waals surface area contributed by atoms with Crippen LogP contribution in [0.2, 0.25) is 0 Å². The summed E-state index contributed by atoms with van der Waals surface area (Å²) < 4.78 is 7.67. The maximum atomic E-state index is 2.49. The molecule has 0 fully saturated rings. The highest BCUT2D eigenvalue weighted by Gasteiger charge is 2.20. The van der Waals surface area contributed by atoms with E-state index in [2.05, 4.69) is 143 Å². The first-order valence-corrected chi connectivity index (χ1v) is 15.1. The fourth-order valence-corrected chi connectivity index (χ4v) is 8.21. The Balaban J connectivity index is 1.39. The first-order valence-electron chi connectivity index (χ1n) is 14.3. The molecule has 9 aromatic rings. The third-order valence-electron chi connectivity index (χ3n) is 8.70. The van der Waals surface area contributed by atoms with Crippen molar-refractivity contribution >= 4 is 75.1 Å². The second-order valence-electron chi connectivity index (χ2n) is 10.8. The van der Waals surface area contributed by atoms with Crippen LogP contribution in [-0.2, 0) is 6.54 Å². The fourth-order valence-electron chi connectivity index (χ4n) is 6.97. The van der Waals surface area contributed by atoms with Crippen molar-refractivity contribution in [1.82, 2.24) is 9.13 Å². The third-order valence-corrected chi connectivity index (χ3v) is 9.92. The molecule has 2 nitrogen and oxygen atoms in total. The SMILES string of the molecule is CCn1c2ccccc2c2ccc3c4ccccc4n(-c4cccc(-c5cccc6c5sc5ccccc56)c4)c3c21. The second-order valence-corrected chi connectivity index (χ2v) is 11.9. The van der Waals surface area contributed by atoms with Crippen LogP contribution in [0.25, 0.3) is 80.6 Å². The van der Waals surface area contributed by atoms with Gasteiger partial charge in [0.1, 0.15) is 0 Å². The lowest BCUT2D eigenvalue weighted by atomic mass is 10.0. The third kappa shape index (κ3) is 3.12. The zero-order valence-corrected chi connectivity index (χ0v) is 23.5. The van der Waals surface area contributed by atoms with Crippen molar-refractivity contribution in [3.63, 3.8) is 0 Å². The van der Waals surface area contributed by atoms with E-state index in [4.69, 9.17) is 0 Å². The summed E-state index contributed by atoms with van der Waals surface area (Å²) in [5.74, 6) is 0. The molecule has 0 amide bonds. The Morgan fingerprint density at radius 3 is 2.02 bits per heavy atom. The summed E-state index contributed by atoms with van der Waals surface area (Å²) >= 11 is 1.89. The van der Waals surface area contributed by atoms with Gasteiger partial charge in [-0.2, -0.15) is 0 Å². The summed E-state index contributed by atoms with van der Waals surface area (Å²) in [6.07, 6.45) is 0. The van der Waals surface area contributed by atoms with Crippen molar-refractivity contribution in [3.8, 4) is 16.8 Å². The van der Waals surface area contributed by atoms with Crippen molar-refractivity contribution in [2.45, 2.75) is 13.5 Å². The molecule has 0 N–H and O–H groups in total. The lowest BCUT2D eigenvalue weighted by Crippen LogP contribution is -1.99. The van der Waals surface area contributed by atoms with Crippen molar-refractivity contribution < 1.29 is 0 Å². The highest BCUT2D eigenvalue weighted by atomic mass is 32.1. The van der Waals surface area contributed by atoms with Crippen molar-refractivity contribution in [2.75, 3.05) is 0 Å². The van der Waals surface area contributed by atoms with Crippen LogP contribution in [0.5, 0.6) is 0 Å². The van der Waals surface area contributed by atoms with Gasteiger partial charge in [0.05, 0.1) is 16.6 Å². The average Bonchev–Trinajstić information content (AvgIpc) is 3.68. The minimum Gasteiger partial charge on any atom is -0.339 e. The molecule has 6 aromatic carbocycles. The van der Waals surface area contributed by atoms with Crippen LogP contribution in [0, 0.1) is 0 Å². The van der Waals surface area contributed by atoms with E-state index in [9.17, 15) is 0 Å². The zero-order chi connectivity index (χ0) is 27.1. The number of thiophene rings is 1. The number of aryl methyl sites for hydroxylation is 1. The maximum absolute atomic E-state index is 2.49. The summed E-state index contributed by atoms with van der Waals surface area (Å²) in [4.78, 5) is 0. The monoisotopic (exact) mass is 542 g/mol. The van der Waals surface area contributed by atoms with Gasteiger partial charge in [-0.25, -0.2) is 0 Å². The molecule has 41 heavy (non-hydrogen) atoms. The number of para-hydroxylation sites is 2. The van der Waals surface area contributed by atoms with Gasteiger partial charge in [0.15, 0.2) is 0 Å². The van der Waals surface area contributed by atoms with Crippen LogP contribution in [0.1, 0.15) is 6.92 Å². The molecule has 0 saturated heterocycles. The number of rotatable bonds is 3. The maximum Gasteiger partial charge on any atom is 0.0785 e. The van der Waals surface area contributed by atoms with Gasteiger partial charge in [-0.3, -0.25) is 0 Å². The standard InChI is InChI=1S/C38H26N2S/c1-2-39-33-18-6-3-13-27(33)30-21-22-31-28-14-4-7-19-34(28)40(37(31)36(30)39)25-12-9-11-24(23-25)26-16-10-17-32-29-15-5-8-20-35(29)41-38(26)32/h3-23H,2H2,1H3. The Bertz CT molecular complexity index is 2470. The lowest BCUT2D eigenvalue weighted by molar-refractivity contribution is 0.828. The highest BCUT2D eigenvalue weighted by molar-refractivity contribution is 7.26. The van der Waals surface area contributed by atoms with Crippen LogP contribution in [0.15, 0.2) is 127 Å². The quantitative estimate of drug-likeness (QED) is 0.210. The molecule has 0 aliphatic carbocycles. The topological polar surface area (TPSA) is 9.86 Å². The van der Waals surface area contributed by atoms with Crippen molar-refractivity contribution in [1.29, 1.82) is 0 Å². The van der Waals surface area contributed by atoms with Gasteiger partial charge in [-0.05, 0) is 48.4 Å². The molecular formula is C38H26N2S. The molecule has 0 radical (unpaired) electrons. The minimum absolute atomic E-state index is 0.915. The van der Waals surface area contributed by atoms with Gasteiger partial charge in [0, 0.05) is 59.5 Å². The molecule has 194 valence electrons. The summed E-state index contributed by atoms with van der Waals surface area (Å²) in [6.45, 7) is 3.17. The molecule has 0 bridgehead atoms.